The SMILES string of the molecule is COc1ccc2c(c1)c(Nc1ccc(F)c(Cl)c1)nn2S(=O)(=O)c1ccccc1. The van der Waals surface area contributed by atoms with E-state index in [0.29, 0.717) is 22.3 Å². The summed E-state index contributed by atoms with van der Waals surface area (Å²) < 4.78 is 46.0. The summed E-state index contributed by atoms with van der Waals surface area (Å²) in [4.78, 5) is 0.108. The Morgan fingerprint density at radius 2 is 1.83 bits per heavy atom. The zero-order valence-electron chi connectivity index (χ0n) is 15.1. The lowest BCUT2D eigenvalue weighted by Crippen LogP contribution is -2.14. The third-order valence-corrected chi connectivity index (χ3v) is 6.20. The summed E-state index contributed by atoms with van der Waals surface area (Å²) in [6.07, 6.45) is 0. The number of aromatic nitrogens is 2. The molecule has 1 aromatic heterocycles. The number of halogens is 2. The Morgan fingerprint density at radius 3 is 2.52 bits per heavy atom. The lowest BCUT2D eigenvalue weighted by molar-refractivity contribution is 0.415. The van der Waals surface area contributed by atoms with Gasteiger partial charge in [-0.2, -0.15) is 12.5 Å². The second-order valence-electron chi connectivity index (χ2n) is 6.15. The van der Waals surface area contributed by atoms with Crippen molar-refractivity contribution in [1.29, 1.82) is 0 Å². The van der Waals surface area contributed by atoms with E-state index < -0.39 is 15.8 Å². The fourth-order valence-corrected chi connectivity index (χ4v) is 4.36. The van der Waals surface area contributed by atoms with E-state index in [2.05, 4.69) is 10.4 Å². The maximum Gasteiger partial charge on any atom is 0.283 e. The lowest BCUT2D eigenvalue weighted by Gasteiger charge is -2.06. The first-order valence-electron chi connectivity index (χ1n) is 8.49. The molecule has 6 nitrogen and oxygen atoms in total. The van der Waals surface area contributed by atoms with E-state index >= 15 is 0 Å². The number of fused-ring (bicyclic) bond motifs is 1. The van der Waals surface area contributed by atoms with Crippen LogP contribution in [0.3, 0.4) is 0 Å². The Bertz CT molecular complexity index is 1310. The number of nitrogens with zero attached hydrogens (tertiary/aromatic N) is 2. The van der Waals surface area contributed by atoms with E-state index in [1.54, 1.807) is 36.4 Å². The molecule has 3 aromatic carbocycles. The van der Waals surface area contributed by atoms with Gasteiger partial charge in [0, 0.05) is 11.1 Å². The number of rotatable bonds is 5. The van der Waals surface area contributed by atoms with Gasteiger partial charge < -0.3 is 10.1 Å². The van der Waals surface area contributed by atoms with Crippen molar-refractivity contribution in [2.75, 3.05) is 12.4 Å². The minimum Gasteiger partial charge on any atom is -0.497 e. The zero-order valence-corrected chi connectivity index (χ0v) is 16.7. The zero-order chi connectivity index (χ0) is 20.6. The monoisotopic (exact) mass is 431 g/mol. The molecule has 0 saturated carbocycles. The van der Waals surface area contributed by atoms with E-state index in [1.807, 2.05) is 0 Å². The molecule has 0 amide bonds. The highest BCUT2D eigenvalue weighted by Gasteiger charge is 2.23. The Hall–Kier alpha value is -3.10. The predicted molar refractivity (Wildman–Crippen MR) is 110 cm³/mol. The first-order chi connectivity index (χ1) is 13.9. The van der Waals surface area contributed by atoms with Gasteiger partial charge in [-0.15, -0.1) is 5.10 Å². The van der Waals surface area contributed by atoms with Crippen molar-refractivity contribution >= 4 is 44.0 Å². The van der Waals surface area contributed by atoms with Gasteiger partial charge in [0.05, 0.1) is 22.5 Å². The number of ether oxygens (including phenoxy) is 1. The largest absolute Gasteiger partial charge is 0.497 e. The number of methoxy groups -OCH3 is 1. The summed E-state index contributed by atoms with van der Waals surface area (Å²) in [5, 5.41) is 7.75. The van der Waals surface area contributed by atoms with Crippen molar-refractivity contribution in [3.63, 3.8) is 0 Å². The molecule has 0 saturated heterocycles. The Balaban J connectivity index is 1.89. The van der Waals surface area contributed by atoms with Crippen molar-refractivity contribution in [1.82, 2.24) is 9.19 Å². The summed E-state index contributed by atoms with van der Waals surface area (Å²) in [7, 11) is -2.42. The molecule has 29 heavy (non-hydrogen) atoms. The van der Waals surface area contributed by atoms with Crippen LogP contribution in [0.5, 0.6) is 5.75 Å². The molecule has 0 aliphatic carbocycles. The molecule has 148 valence electrons. The molecule has 0 spiro atoms. The van der Waals surface area contributed by atoms with E-state index in [-0.39, 0.29) is 15.7 Å². The third-order valence-electron chi connectivity index (χ3n) is 4.31. The quantitative estimate of drug-likeness (QED) is 0.490. The van der Waals surface area contributed by atoms with Gasteiger partial charge in [0.1, 0.15) is 11.6 Å². The normalized spacial score (nSPS) is 11.6. The number of hydrogen-bond acceptors (Lipinski definition) is 5. The van der Waals surface area contributed by atoms with Gasteiger partial charge in [0.15, 0.2) is 5.82 Å². The molecule has 0 aliphatic heterocycles. The van der Waals surface area contributed by atoms with Crippen LogP contribution in [0.4, 0.5) is 15.9 Å². The predicted octanol–water partition coefficient (Wildman–Crippen LogP) is 4.82. The molecule has 1 N–H and O–H groups in total. The highest BCUT2D eigenvalue weighted by molar-refractivity contribution is 7.90. The Labute approximate surface area is 171 Å². The summed E-state index contributed by atoms with van der Waals surface area (Å²) in [5.41, 5.74) is 0.827. The minimum absolute atomic E-state index is 0.0618. The maximum atomic E-state index is 13.5. The topological polar surface area (TPSA) is 73.2 Å². The van der Waals surface area contributed by atoms with Gasteiger partial charge in [-0.25, -0.2) is 4.39 Å². The van der Waals surface area contributed by atoms with Crippen LogP contribution in [-0.2, 0) is 10.0 Å². The summed E-state index contributed by atoms with van der Waals surface area (Å²) in [6.45, 7) is 0. The van der Waals surface area contributed by atoms with Crippen molar-refractivity contribution in [2.24, 2.45) is 0 Å². The Morgan fingerprint density at radius 1 is 1.07 bits per heavy atom. The molecule has 1 heterocycles. The van der Waals surface area contributed by atoms with Crippen LogP contribution in [0.2, 0.25) is 5.02 Å². The van der Waals surface area contributed by atoms with Crippen LogP contribution in [0, 0.1) is 5.82 Å². The molecule has 0 aliphatic rings. The molecule has 4 aromatic rings. The van der Waals surface area contributed by atoms with Crippen molar-refractivity contribution in [2.45, 2.75) is 4.90 Å². The highest BCUT2D eigenvalue weighted by atomic mass is 35.5. The van der Waals surface area contributed by atoms with E-state index in [1.165, 1.54) is 37.4 Å². The third kappa shape index (κ3) is 3.52. The number of benzene rings is 3. The van der Waals surface area contributed by atoms with Gasteiger partial charge in [-0.05, 0) is 48.5 Å². The van der Waals surface area contributed by atoms with Gasteiger partial charge in [0.25, 0.3) is 10.0 Å². The number of hydrogen-bond donors (Lipinski definition) is 1. The van der Waals surface area contributed by atoms with Crippen LogP contribution >= 0.6 is 11.6 Å². The molecule has 0 fully saturated rings. The highest BCUT2D eigenvalue weighted by Crippen LogP contribution is 2.32. The first-order valence-corrected chi connectivity index (χ1v) is 10.3. The van der Waals surface area contributed by atoms with Crippen molar-refractivity contribution in [3.8, 4) is 5.75 Å². The van der Waals surface area contributed by atoms with E-state index in [9.17, 15) is 12.8 Å². The lowest BCUT2D eigenvalue weighted by atomic mass is 10.2. The fraction of sp³-hybridized carbons (Fsp3) is 0.0500. The molecule has 4 rings (SSSR count). The smallest absolute Gasteiger partial charge is 0.283 e. The van der Waals surface area contributed by atoms with Gasteiger partial charge in [0.2, 0.25) is 0 Å². The second kappa shape index (κ2) is 7.38. The summed E-state index contributed by atoms with van der Waals surface area (Å²) >= 11 is 5.85. The van der Waals surface area contributed by atoms with Gasteiger partial charge in [-0.3, -0.25) is 0 Å². The number of anilines is 2. The van der Waals surface area contributed by atoms with Crippen LogP contribution in [-0.4, -0.2) is 24.7 Å². The van der Waals surface area contributed by atoms with Crippen LogP contribution in [0.15, 0.2) is 71.6 Å². The molecular formula is C20H15ClFN3O3S. The van der Waals surface area contributed by atoms with Gasteiger partial charge in [-0.1, -0.05) is 29.8 Å². The van der Waals surface area contributed by atoms with Crippen molar-refractivity contribution < 1.29 is 17.5 Å². The number of nitrogens with one attached hydrogen (secondary N) is 1. The summed E-state index contributed by atoms with van der Waals surface area (Å²) in [6, 6.07) is 17.0. The van der Waals surface area contributed by atoms with E-state index in [0.717, 1.165) is 4.09 Å². The molecule has 0 atom stereocenters. The summed E-state index contributed by atoms with van der Waals surface area (Å²) in [5.74, 6) is 0.247. The molecule has 0 bridgehead atoms. The van der Waals surface area contributed by atoms with Crippen molar-refractivity contribution in [3.05, 3.63) is 77.6 Å². The average molecular weight is 432 g/mol. The van der Waals surface area contributed by atoms with Crippen LogP contribution in [0.1, 0.15) is 0 Å². The maximum absolute atomic E-state index is 13.5. The molecule has 9 heteroatoms. The first kappa shape index (κ1) is 19.2. The van der Waals surface area contributed by atoms with E-state index in [4.69, 9.17) is 16.3 Å². The van der Waals surface area contributed by atoms with Gasteiger partial charge >= 0.3 is 0 Å². The fourth-order valence-electron chi connectivity index (χ4n) is 2.88. The standard InChI is InChI=1S/C20H15ClFN3O3S/c1-28-14-8-10-19-16(12-14)20(23-13-7-9-18(22)17(21)11-13)24-25(19)29(26,27)15-5-3-2-4-6-15/h2-12H,1H3,(H,23,24). The van der Waals surface area contributed by atoms with Crippen LogP contribution < -0.4 is 10.1 Å². The minimum atomic E-state index is -3.93. The Kier molecular flexibility index (Phi) is 4.89. The second-order valence-corrected chi connectivity index (χ2v) is 8.32. The molecule has 0 unspecified atom stereocenters. The molecule has 0 radical (unpaired) electrons. The molecular weight excluding hydrogens is 417 g/mol. The average Bonchev–Trinajstić information content (AvgIpc) is 3.09. The van der Waals surface area contributed by atoms with Crippen LogP contribution in [0.25, 0.3) is 10.9 Å².